The van der Waals surface area contributed by atoms with E-state index >= 15 is 0 Å². The van der Waals surface area contributed by atoms with Gasteiger partial charge in [-0.3, -0.25) is 4.90 Å². The first-order valence-electron chi connectivity index (χ1n) is 12.8. The van der Waals surface area contributed by atoms with E-state index in [1.165, 1.54) is 11.1 Å². The first-order valence-corrected chi connectivity index (χ1v) is 12.8. The highest BCUT2D eigenvalue weighted by Crippen LogP contribution is 2.54. The van der Waals surface area contributed by atoms with Crippen LogP contribution in [0.25, 0.3) is 16.8 Å². The van der Waals surface area contributed by atoms with Crippen LogP contribution in [-0.2, 0) is 6.61 Å². The van der Waals surface area contributed by atoms with Crippen LogP contribution < -0.4 is 9.64 Å². The lowest BCUT2D eigenvalue weighted by Crippen LogP contribution is -2.64. The summed E-state index contributed by atoms with van der Waals surface area (Å²) in [6, 6.07) is 15.2. The summed E-state index contributed by atoms with van der Waals surface area (Å²) in [5, 5.41) is 14.4. The first kappa shape index (κ1) is 23.0. The number of nitrogens with zero attached hydrogens (tertiary/aromatic N) is 4. The topological polar surface area (TPSA) is 70.8 Å². The van der Waals surface area contributed by atoms with Crippen molar-refractivity contribution in [2.45, 2.75) is 70.7 Å². The minimum Gasteiger partial charge on any atom is -0.488 e. The number of fused-ring (bicyclic) bond motifs is 5. The second kappa shape index (κ2) is 8.02. The van der Waals surface area contributed by atoms with Crippen LogP contribution in [-0.4, -0.2) is 50.6 Å². The molecule has 2 bridgehead atoms. The maximum Gasteiger partial charge on any atom is 0.408 e. The second-order valence-corrected chi connectivity index (χ2v) is 11.6. The van der Waals surface area contributed by atoms with Gasteiger partial charge in [-0.1, -0.05) is 26.8 Å². The van der Waals surface area contributed by atoms with Crippen LogP contribution in [0.2, 0.25) is 0 Å². The molecule has 2 fully saturated rings. The fourth-order valence-electron chi connectivity index (χ4n) is 6.86. The summed E-state index contributed by atoms with van der Waals surface area (Å²) in [7, 11) is 2.16. The molecular formula is C29H34N4O3. The zero-order chi connectivity index (χ0) is 25.2. The maximum absolute atomic E-state index is 12.3. The van der Waals surface area contributed by atoms with Crippen molar-refractivity contribution >= 4 is 11.8 Å². The lowest BCUT2D eigenvalue weighted by Gasteiger charge is -2.54. The Kier molecular flexibility index (Phi) is 5.11. The summed E-state index contributed by atoms with van der Waals surface area (Å²) >= 11 is 0. The third-order valence-electron chi connectivity index (χ3n) is 8.89. The van der Waals surface area contributed by atoms with Crippen molar-refractivity contribution in [2.24, 2.45) is 5.41 Å². The summed E-state index contributed by atoms with van der Waals surface area (Å²) in [5.74, 6) is 0.876. The van der Waals surface area contributed by atoms with Crippen LogP contribution >= 0.6 is 0 Å². The summed E-state index contributed by atoms with van der Waals surface area (Å²) in [5.41, 5.74) is 5.16. The summed E-state index contributed by atoms with van der Waals surface area (Å²) < 4.78 is 8.02. The van der Waals surface area contributed by atoms with Crippen molar-refractivity contribution in [3.63, 3.8) is 0 Å². The monoisotopic (exact) mass is 486 g/mol. The smallest absolute Gasteiger partial charge is 0.408 e. The van der Waals surface area contributed by atoms with Gasteiger partial charge in [-0.15, -0.1) is 0 Å². The molecule has 0 aliphatic carbocycles. The quantitative estimate of drug-likeness (QED) is 0.495. The van der Waals surface area contributed by atoms with E-state index in [-0.39, 0.29) is 17.0 Å². The second-order valence-electron chi connectivity index (χ2n) is 11.6. The molecule has 3 unspecified atom stereocenters. The van der Waals surface area contributed by atoms with Gasteiger partial charge in [0.15, 0.2) is 0 Å². The number of amides is 1. The van der Waals surface area contributed by atoms with Gasteiger partial charge in [-0.25, -0.2) is 9.48 Å². The van der Waals surface area contributed by atoms with E-state index in [1.807, 2.05) is 23.0 Å². The Morgan fingerprint density at radius 2 is 2.00 bits per heavy atom. The Morgan fingerprint density at radius 1 is 1.19 bits per heavy atom. The van der Waals surface area contributed by atoms with E-state index in [1.54, 1.807) is 11.1 Å². The van der Waals surface area contributed by atoms with Crippen molar-refractivity contribution in [3.05, 3.63) is 60.4 Å². The molecule has 4 heterocycles. The molecule has 1 N–H and O–H groups in total. The molecule has 1 amide bonds. The van der Waals surface area contributed by atoms with Gasteiger partial charge in [-0.2, -0.15) is 5.10 Å². The standard InChI is InChI=1S/C29H34N4O3/c1-28(2,3)29-11-10-22(33(29)27(34)35)15-23(17-29)31(4)20-6-8-24-19(14-20)18-36-26-16-21(7-9-25(24)26)32-13-5-12-30-32/h5-9,12-14,16,22-23H,10-11,15,17-18H2,1-4H3,(H,34,35). The minimum absolute atomic E-state index is 0.0831. The molecule has 2 saturated heterocycles. The number of ether oxygens (including phenoxy) is 1. The van der Waals surface area contributed by atoms with Crippen molar-refractivity contribution in [1.29, 1.82) is 0 Å². The molecule has 6 rings (SSSR count). The van der Waals surface area contributed by atoms with Crippen LogP contribution in [0, 0.1) is 5.41 Å². The van der Waals surface area contributed by atoms with E-state index in [9.17, 15) is 9.90 Å². The molecule has 3 aliphatic heterocycles. The fraction of sp³-hybridized carbons (Fsp3) is 0.448. The molecule has 188 valence electrons. The Morgan fingerprint density at radius 3 is 2.72 bits per heavy atom. The molecule has 3 aliphatic rings. The molecule has 3 aromatic rings. The van der Waals surface area contributed by atoms with Gasteiger partial charge in [0.2, 0.25) is 0 Å². The van der Waals surface area contributed by atoms with E-state index in [0.29, 0.717) is 12.6 Å². The zero-order valence-corrected chi connectivity index (χ0v) is 21.4. The Labute approximate surface area is 212 Å². The normalized spacial score (nSPS) is 24.6. The van der Waals surface area contributed by atoms with Gasteiger partial charge in [0.05, 0.1) is 11.2 Å². The summed E-state index contributed by atoms with van der Waals surface area (Å²) in [6.07, 6.45) is 6.53. The van der Waals surface area contributed by atoms with Crippen LogP contribution in [0.15, 0.2) is 54.9 Å². The van der Waals surface area contributed by atoms with Gasteiger partial charge in [0.25, 0.3) is 0 Å². The number of hydrogen-bond acceptors (Lipinski definition) is 4. The number of aromatic nitrogens is 2. The number of piperidine rings is 1. The van der Waals surface area contributed by atoms with Crippen LogP contribution in [0.4, 0.5) is 10.5 Å². The molecule has 0 spiro atoms. The van der Waals surface area contributed by atoms with E-state index in [2.05, 4.69) is 68.1 Å². The Hall–Kier alpha value is -3.48. The van der Waals surface area contributed by atoms with Gasteiger partial charge < -0.3 is 14.7 Å². The zero-order valence-electron chi connectivity index (χ0n) is 21.4. The van der Waals surface area contributed by atoms with Crippen molar-refractivity contribution in [3.8, 4) is 22.6 Å². The molecule has 0 radical (unpaired) electrons. The summed E-state index contributed by atoms with van der Waals surface area (Å²) in [6.45, 7) is 7.11. The predicted octanol–water partition coefficient (Wildman–Crippen LogP) is 5.96. The average molecular weight is 487 g/mol. The molecule has 7 heteroatoms. The van der Waals surface area contributed by atoms with Crippen LogP contribution in [0.3, 0.4) is 0 Å². The molecule has 3 atom stereocenters. The Bertz CT molecular complexity index is 1310. The fourth-order valence-corrected chi connectivity index (χ4v) is 6.86. The highest BCUT2D eigenvalue weighted by molar-refractivity contribution is 5.78. The average Bonchev–Trinajstić information content (AvgIpc) is 3.48. The highest BCUT2D eigenvalue weighted by Gasteiger charge is 2.59. The van der Waals surface area contributed by atoms with Crippen molar-refractivity contribution in [2.75, 3.05) is 11.9 Å². The maximum atomic E-state index is 12.3. The lowest BCUT2D eigenvalue weighted by molar-refractivity contribution is -0.0203. The van der Waals surface area contributed by atoms with Gasteiger partial charge in [0.1, 0.15) is 12.4 Å². The lowest BCUT2D eigenvalue weighted by atomic mass is 9.67. The van der Waals surface area contributed by atoms with Gasteiger partial charge in [-0.05, 0) is 72.6 Å². The number of rotatable bonds is 3. The first-order chi connectivity index (χ1) is 17.2. The van der Waals surface area contributed by atoms with Gasteiger partial charge in [0, 0.05) is 48.8 Å². The van der Waals surface area contributed by atoms with Crippen LogP contribution in [0.5, 0.6) is 5.75 Å². The molecule has 2 aromatic carbocycles. The number of carboxylic acid groups (broad SMARTS) is 1. The van der Waals surface area contributed by atoms with E-state index < -0.39 is 6.09 Å². The number of benzene rings is 2. The number of carbonyl (C=O) groups is 1. The summed E-state index contributed by atoms with van der Waals surface area (Å²) in [4.78, 5) is 16.4. The molecule has 0 saturated carbocycles. The van der Waals surface area contributed by atoms with E-state index in [4.69, 9.17) is 4.74 Å². The van der Waals surface area contributed by atoms with Crippen molar-refractivity contribution in [1.82, 2.24) is 14.7 Å². The Balaban J connectivity index is 1.28. The molecular weight excluding hydrogens is 452 g/mol. The van der Waals surface area contributed by atoms with Crippen molar-refractivity contribution < 1.29 is 14.6 Å². The molecule has 1 aromatic heterocycles. The largest absolute Gasteiger partial charge is 0.488 e. The molecule has 7 nitrogen and oxygen atoms in total. The minimum atomic E-state index is -0.770. The predicted molar refractivity (Wildman–Crippen MR) is 140 cm³/mol. The third-order valence-corrected chi connectivity index (χ3v) is 8.89. The number of anilines is 1. The molecule has 36 heavy (non-hydrogen) atoms. The SMILES string of the molecule is CN(c1ccc2c(c1)COc1cc(-n3cccn3)ccc1-2)C1CC2CCC(C(C)(C)C)(C1)N2C(=O)O. The van der Waals surface area contributed by atoms with Gasteiger partial charge >= 0.3 is 6.09 Å². The van der Waals surface area contributed by atoms with Crippen LogP contribution in [0.1, 0.15) is 52.0 Å². The highest BCUT2D eigenvalue weighted by atomic mass is 16.5. The van der Waals surface area contributed by atoms with E-state index in [0.717, 1.165) is 48.4 Å². The third kappa shape index (κ3) is 3.39. The number of hydrogen-bond donors (Lipinski definition) is 1.